The largest absolute Gasteiger partial charge is 0.434 e. The zero-order valence-electron chi connectivity index (χ0n) is 16.8. The Morgan fingerprint density at radius 1 is 1.00 bits per heavy atom. The zero-order chi connectivity index (χ0) is 23.5. The van der Waals surface area contributed by atoms with Crippen molar-refractivity contribution in [3.05, 3.63) is 81.5 Å². The summed E-state index contributed by atoms with van der Waals surface area (Å²) in [6.45, 7) is -6.63. The van der Waals surface area contributed by atoms with Crippen molar-refractivity contribution in [2.45, 2.75) is 26.4 Å². The van der Waals surface area contributed by atoms with Crippen LogP contribution in [0.15, 0.2) is 59.5 Å². The van der Waals surface area contributed by atoms with Gasteiger partial charge in [0.25, 0.3) is 0 Å². The Bertz CT molecular complexity index is 1320. The third kappa shape index (κ3) is 5.35. The topological polar surface area (TPSA) is 69.1 Å². The van der Waals surface area contributed by atoms with E-state index in [1.807, 2.05) is 0 Å². The third-order valence-corrected chi connectivity index (χ3v) is 5.09. The van der Waals surface area contributed by atoms with Crippen molar-refractivity contribution in [3.8, 4) is 16.9 Å². The lowest BCUT2D eigenvalue weighted by atomic mass is 10.1. The number of nitrogens with zero attached hydrogens (tertiary/aromatic N) is 2. The van der Waals surface area contributed by atoms with E-state index in [9.17, 15) is 22.4 Å². The summed E-state index contributed by atoms with van der Waals surface area (Å²) in [6, 6.07) is 12.4. The molecule has 4 rings (SSSR count). The van der Waals surface area contributed by atoms with Crippen LogP contribution in [0.1, 0.15) is 11.4 Å². The number of ether oxygens (including phenoxy) is 2. The number of aromatic amines is 1. The van der Waals surface area contributed by atoms with E-state index in [4.69, 9.17) is 11.6 Å². The highest BCUT2D eigenvalue weighted by atomic mass is 35.5. The van der Waals surface area contributed by atoms with Crippen LogP contribution in [0, 0.1) is 0 Å². The summed E-state index contributed by atoms with van der Waals surface area (Å²) in [4.78, 5) is 18.3. The molecule has 0 fully saturated rings. The standard InChI is InChI=1S/C22H16ClF4N3O3/c23-15-3-5-18(33-22(26)27)14(7-15)10-30-17-8-12(13-2-6-20(31)28-9-13)1-4-16(17)29-19(30)11-32-21(24)25/h1-9,21-22H,10-11H2,(H,28,31). The molecule has 0 atom stereocenters. The normalized spacial score (nSPS) is 11.6. The molecule has 0 aliphatic heterocycles. The second kappa shape index (κ2) is 9.63. The van der Waals surface area contributed by atoms with Crippen molar-refractivity contribution in [1.29, 1.82) is 0 Å². The number of imidazole rings is 1. The Morgan fingerprint density at radius 3 is 2.48 bits per heavy atom. The van der Waals surface area contributed by atoms with E-state index in [1.165, 1.54) is 30.5 Å². The Morgan fingerprint density at radius 2 is 1.79 bits per heavy atom. The van der Waals surface area contributed by atoms with Gasteiger partial charge in [-0.3, -0.25) is 4.79 Å². The van der Waals surface area contributed by atoms with Crippen LogP contribution in [-0.2, 0) is 17.9 Å². The second-order valence-electron chi connectivity index (χ2n) is 6.96. The number of hydrogen-bond donors (Lipinski definition) is 1. The average molecular weight is 482 g/mol. The molecular formula is C22H16ClF4N3O3. The third-order valence-electron chi connectivity index (χ3n) is 4.85. The van der Waals surface area contributed by atoms with Crippen LogP contribution in [-0.4, -0.2) is 27.8 Å². The van der Waals surface area contributed by atoms with Gasteiger partial charge in [0.1, 0.15) is 18.2 Å². The van der Waals surface area contributed by atoms with Gasteiger partial charge in [-0.2, -0.15) is 17.6 Å². The summed E-state index contributed by atoms with van der Waals surface area (Å²) in [7, 11) is 0. The van der Waals surface area contributed by atoms with Crippen LogP contribution in [0.4, 0.5) is 17.6 Å². The van der Waals surface area contributed by atoms with Gasteiger partial charge in [-0.25, -0.2) is 4.98 Å². The molecule has 11 heteroatoms. The molecule has 0 saturated carbocycles. The second-order valence-corrected chi connectivity index (χ2v) is 7.40. The molecule has 2 heterocycles. The summed E-state index contributed by atoms with van der Waals surface area (Å²) >= 11 is 6.05. The van der Waals surface area contributed by atoms with Crippen LogP contribution in [0.5, 0.6) is 5.75 Å². The number of pyridine rings is 1. The summed E-state index contributed by atoms with van der Waals surface area (Å²) in [5, 5.41) is 0.287. The van der Waals surface area contributed by atoms with Gasteiger partial charge in [-0.05, 0) is 47.5 Å². The SMILES string of the molecule is O=c1ccc(-c2ccc3nc(COC(F)F)n(Cc4cc(Cl)ccc4OC(F)F)c3c2)c[nH]1. The van der Waals surface area contributed by atoms with Crippen LogP contribution >= 0.6 is 11.6 Å². The number of fused-ring (bicyclic) bond motifs is 1. The summed E-state index contributed by atoms with van der Waals surface area (Å²) in [5.41, 5.74) is 2.48. The zero-order valence-corrected chi connectivity index (χ0v) is 17.5. The van der Waals surface area contributed by atoms with Crippen molar-refractivity contribution < 1.29 is 27.0 Å². The fourth-order valence-electron chi connectivity index (χ4n) is 3.42. The molecule has 4 aromatic rings. The van der Waals surface area contributed by atoms with E-state index in [1.54, 1.807) is 28.8 Å². The van der Waals surface area contributed by atoms with Crippen LogP contribution in [0.2, 0.25) is 5.02 Å². The van der Waals surface area contributed by atoms with Crippen molar-refractivity contribution in [2.24, 2.45) is 0 Å². The molecule has 6 nitrogen and oxygen atoms in total. The molecule has 33 heavy (non-hydrogen) atoms. The Balaban J connectivity index is 1.82. The maximum Gasteiger partial charge on any atom is 0.387 e. The lowest BCUT2D eigenvalue weighted by Crippen LogP contribution is -2.11. The van der Waals surface area contributed by atoms with Gasteiger partial charge in [0.15, 0.2) is 0 Å². The average Bonchev–Trinajstić information content (AvgIpc) is 3.11. The molecule has 0 radical (unpaired) electrons. The van der Waals surface area contributed by atoms with E-state index >= 15 is 0 Å². The summed E-state index contributed by atoms with van der Waals surface area (Å²) in [5.74, 6) is 0.0562. The number of alkyl halides is 4. The lowest BCUT2D eigenvalue weighted by molar-refractivity contribution is -0.139. The van der Waals surface area contributed by atoms with Crippen LogP contribution < -0.4 is 10.3 Å². The highest BCUT2D eigenvalue weighted by Gasteiger charge is 2.18. The molecule has 2 aromatic carbocycles. The van der Waals surface area contributed by atoms with Gasteiger partial charge < -0.3 is 19.0 Å². The maximum atomic E-state index is 12.9. The fraction of sp³-hybridized carbons (Fsp3) is 0.182. The first-order chi connectivity index (χ1) is 15.8. The van der Waals surface area contributed by atoms with Crippen molar-refractivity contribution in [1.82, 2.24) is 14.5 Å². The minimum atomic E-state index is -3.06. The first kappa shape index (κ1) is 22.8. The van der Waals surface area contributed by atoms with Crippen molar-refractivity contribution >= 4 is 22.6 Å². The Hall–Kier alpha value is -3.37. The molecule has 172 valence electrons. The number of hydrogen-bond acceptors (Lipinski definition) is 4. The maximum absolute atomic E-state index is 12.9. The summed E-state index contributed by atoms with van der Waals surface area (Å²) in [6.07, 6.45) is 1.54. The molecule has 0 unspecified atom stereocenters. The van der Waals surface area contributed by atoms with E-state index in [2.05, 4.69) is 19.4 Å². The number of benzene rings is 2. The summed E-state index contributed by atoms with van der Waals surface area (Å²) < 4.78 is 61.8. The van der Waals surface area contributed by atoms with Crippen molar-refractivity contribution in [2.75, 3.05) is 0 Å². The molecule has 0 aliphatic carbocycles. The van der Waals surface area contributed by atoms with Gasteiger partial charge in [-0.15, -0.1) is 0 Å². The highest BCUT2D eigenvalue weighted by Crippen LogP contribution is 2.30. The molecule has 0 spiro atoms. The van der Waals surface area contributed by atoms with Crippen molar-refractivity contribution in [3.63, 3.8) is 0 Å². The molecular weight excluding hydrogens is 466 g/mol. The van der Waals surface area contributed by atoms with E-state index < -0.39 is 19.8 Å². The number of aromatic nitrogens is 3. The quantitative estimate of drug-likeness (QED) is 0.341. The fourth-order valence-corrected chi connectivity index (χ4v) is 3.61. The van der Waals surface area contributed by atoms with Gasteiger partial charge >= 0.3 is 13.2 Å². The predicted molar refractivity (Wildman–Crippen MR) is 114 cm³/mol. The predicted octanol–water partition coefficient (Wildman–Crippen LogP) is 5.43. The van der Waals surface area contributed by atoms with Gasteiger partial charge in [0.05, 0.1) is 17.6 Å². The first-order valence-electron chi connectivity index (χ1n) is 9.61. The Labute approximate surface area is 189 Å². The number of rotatable bonds is 8. The van der Waals surface area contributed by atoms with Crippen LogP contribution in [0.25, 0.3) is 22.2 Å². The van der Waals surface area contributed by atoms with Gasteiger partial charge in [0.2, 0.25) is 5.56 Å². The highest BCUT2D eigenvalue weighted by molar-refractivity contribution is 6.30. The number of nitrogens with one attached hydrogen (secondary N) is 1. The minimum absolute atomic E-state index is 0.0455. The van der Waals surface area contributed by atoms with E-state index in [0.717, 1.165) is 5.56 Å². The molecule has 0 bridgehead atoms. The minimum Gasteiger partial charge on any atom is -0.434 e. The number of H-pyrrole nitrogens is 1. The Kier molecular flexibility index (Phi) is 6.66. The smallest absolute Gasteiger partial charge is 0.387 e. The number of halogens is 5. The van der Waals surface area contributed by atoms with E-state index in [-0.39, 0.29) is 28.7 Å². The van der Waals surface area contributed by atoms with Gasteiger partial charge in [0, 0.05) is 22.8 Å². The molecule has 0 saturated heterocycles. The molecule has 0 amide bonds. The monoisotopic (exact) mass is 481 g/mol. The van der Waals surface area contributed by atoms with Gasteiger partial charge in [-0.1, -0.05) is 17.7 Å². The first-order valence-corrected chi connectivity index (χ1v) is 9.99. The van der Waals surface area contributed by atoms with E-state index in [0.29, 0.717) is 22.2 Å². The molecule has 1 N–H and O–H groups in total. The lowest BCUT2D eigenvalue weighted by Gasteiger charge is -2.14. The van der Waals surface area contributed by atoms with Crippen LogP contribution in [0.3, 0.4) is 0 Å². The molecule has 0 aliphatic rings. The molecule has 2 aromatic heterocycles.